The quantitative estimate of drug-likeness (QED) is 0.452. The zero-order valence-electron chi connectivity index (χ0n) is 11.5. The van der Waals surface area contributed by atoms with Gasteiger partial charge in [0.05, 0.1) is 11.4 Å². The van der Waals surface area contributed by atoms with Crippen LogP contribution in [0.15, 0.2) is 54.6 Å². The smallest absolute Gasteiger partial charge is 0.233 e. The SMILES string of the molecule is FC(F)(F)c1cc(-c2cccc(I)c2)n(-c2ccc(Cl)cc2)n1. The van der Waals surface area contributed by atoms with Crippen molar-refractivity contribution in [3.63, 3.8) is 0 Å². The monoisotopic (exact) mass is 448 g/mol. The second-order valence-corrected chi connectivity index (χ2v) is 6.49. The fraction of sp³-hybridized carbons (Fsp3) is 0.0625. The van der Waals surface area contributed by atoms with Gasteiger partial charge in [0.1, 0.15) is 0 Å². The summed E-state index contributed by atoms with van der Waals surface area (Å²) in [7, 11) is 0. The molecule has 1 aromatic heterocycles. The number of alkyl halides is 3. The largest absolute Gasteiger partial charge is 0.435 e. The summed E-state index contributed by atoms with van der Waals surface area (Å²) in [6.07, 6.45) is -4.51. The number of halogens is 5. The predicted octanol–water partition coefficient (Wildman–Crippen LogP) is 5.82. The van der Waals surface area contributed by atoms with Crippen LogP contribution in [0.1, 0.15) is 5.69 Å². The minimum absolute atomic E-state index is 0.373. The standard InChI is InChI=1S/C16H9ClF3IN2/c17-11-4-6-13(7-5-11)23-14(9-15(22-23)16(18,19)20)10-2-1-3-12(21)8-10/h1-9H. The first-order valence-electron chi connectivity index (χ1n) is 6.54. The molecule has 0 radical (unpaired) electrons. The third-order valence-corrected chi connectivity index (χ3v) is 4.11. The van der Waals surface area contributed by atoms with Crippen molar-refractivity contribution in [2.75, 3.05) is 0 Å². The Morgan fingerprint density at radius 3 is 2.30 bits per heavy atom. The Morgan fingerprint density at radius 1 is 1.00 bits per heavy atom. The Balaban J connectivity index is 2.21. The van der Waals surface area contributed by atoms with Crippen LogP contribution in [0.4, 0.5) is 13.2 Å². The van der Waals surface area contributed by atoms with Crippen molar-refractivity contribution in [1.29, 1.82) is 0 Å². The van der Waals surface area contributed by atoms with Gasteiger partial charge in [0.15, 0.2) is 5.69 Å². The summed E-state index contributed by atoms with van der Waals surface area (Å²) in [5, 5.41) is 4.24. The minimum Gasteiger partial charge on any atom is -0.233 e. The average Bonchev–Trinajstić information content (AvgIpc) is 2.93. The molecule has 0 saturated carbocycles. The maximum absolute atomic E-state index is 13.1. The topological polar surface area (TPSA) is 17.8 Å². The van der Waals surface area contributed by atoms with Gasteiger partial charge in [-0.05, 0) is 65.1 Å². The lowest BCUT2D eigenvalue weighted by Crippen LogP contribution is -2.07. The summed E-state index contributed by atoms with van der Waals surface area (Å²) >= 11 is 7.96. The van der Waals surface area contributed by atoms with E-state index in [1.165, 1.54) is 4.68 Å². The Bertz CT molecular complexity index is 841. The molecule has 0 aliphatic rings. The van der Waals surface area contributed by atoms with E-state index in [2.05, 4.69) is 27.7 Å². The molecule has 7 heteroatoms. The van der Waals surface area contributed by atoms with Crippen LogP contribution in [0.2, 0.25) is 5.02 Å². The first-order chi connectivity index (χ1) is 10.8. The van der Waals surface area contributed by atoms with E-state index in [0.717, 1.165) is 9.64 Å². The van der Waals surface area contributed by atoms with E-state index in [-0.39, 0.29) is 0 Å². The van der Waals surface area contributed by atoms with Crippen LogP contribution in [-0.4, -0.2) is 9.78 Å². The van der Waals surface area contributed by atoms with Crippen molar-refractivity contribution >= 4 is 34.2 Å². The van der Waals surface area contributed by atoms with E-state index < -0.39 is 11.9 Å². The molecule has 118 valence electrons. The Kier molecular flexibility index (Phi) is 4.37. The van der Waals surface area contributed by atoms with Crippen LogP contribution in [0.5, 0.6) is 0 Å². The van der Waals surface area contributed by atoms with Gasteiger partial charge in [0, 0.05) is 14.2 Å². The number of rotatable bonds is 2. The van der Waals surface area contributed by atoms with E-state index >= 15 is 0 Å². The van der Waals surface area contributed by atoms with Crippen LogP contribution in [-0.2, 0) is 6.18 Å². The molecule has 0 unspecified atom stereocenters. The average molecular weight is 449 g/mol. The van der Waals surface area contributed by atoms with Gasteiger partial charge < -0.3 is 0 Å². The zero-order chi connectivity index (χ0) is 16.6. The number of benzene rings is 2. The van der Waals surface area contributed by atoms with E-state index in [9.17, 15) is 13.2 Å². The molecule has 0 saturated heterocycles. The minimum atomic E-state index is -4.51. The molecule has 23 heavy (non-hydrogen) atoms. The highest BCUT2D eigenvalue weighted by Gasteiger charge is 2.35. The Hall–Kier alpha value is -1.54. The highest BCUT2D eigenvalue weighted by Crippen LogP contribution is 2.33. The molecular formula is C16H9ClF3IN2. The number of hydrogen-bond acceptors (Lipinski definition) is 1. The van der Waals surface area contributed by atoms with E-state index in [0.29, 0.717) is 22.0 Å². The van der Waals surface area contributed by atoms with Crippen LogP contribution in [0, 0.1) is 3.57 Å². The lowest BCUT2D eigenvalue weighted by molar-refractivity contribution is -0.141. The molecule has 0 aliphatic heterocycles. The lowest BCUT2D eigenvalue weighted by atomic mass is 10.1. The van der Waals surface area contributed by atoms with E-state index in [4.69, 9.17) is 11.6 Å². The zero-order valence-corrected chi connectivity index (χ0v) is 14.4. The van der Waals surface area contributed by atoms with E-state index in [1.54, 1.807) is 36.4 Å². The molecule has 0 aliphatic carbocycles. The fourth-order valence-electron chi connectivity index (χ4n) is 2.15. The lowest BCUT2D eigenvalue weighted by Gasteiger charge is -2.08. The summed E-state index contributed by atoms with van der Waals surface area (Å²) in [4.78, 5) is 0. The normalized spacial score (nSPS) is 11.7. The van der Waals surface area contributed by atoms with Gasteiger partial charge in [-0.25, -0.2) is 4.68 Å². The Labute approximate surface area is 149 Å². The highest BCUT2D eigenvalue weighted by molar-refractivity contribution is 14.1. The first kappa shape index (κ1) is 16.3. The third-order valence-electron chi connectivity index (χ3n) is 3.19. The van der Waals surface area contributed by atoms with Crippen molar-refractivity contribution in [1.82, 2.24) is 9.78 Å². The van der Waals surface area contributed by atoms with Crippen LogP contribution < -0.4 is 0 Å². The molecule has 0 amide bonds. The number of hydrogen-bond donors (Lipinski definition) is 0. The molecule has 0 spiro atoms. The second-order valence-electron chi connectivity index (χ2n) is 4.81. The molecule has 0 bridgehead atoms. The third kappa shape index (κ3) is 3.53. The molecule has 2 aromatic carbocycles. The van der Waals surface area contributed by atoms with Gasteiger partial charge in [-0.2, -0.15) is 18.3 Å². The Morgan fingerprint density at radius 2 is 1.70 bits per heavy atom. The molecule has 0 N–H and O–H groups in total. The fourth-order valence-corrected chi connectivity index (χ4v) is 2.82. The first-order valence-corrected chi connectivity index (χ1v) is 7.99. The summed E-state index contributed by atoms with van der Waals surface area (Å²) in [5.74, 6) is 0. The number of nitrogens with zero attached hydrogens (tertiary/aromatic N) is 2. The summed E-state index contributed by atoms with van der Waals surface area (Å²) in [5.41, 5.74) is 0.619. The van der Waals surface area contributed by atoms with Gasteiger partial charge in [-0.1, -0.05) is 23.7 Å². The molecular weight excluding hydrogens is 440 g/mol. The van der Waals surface area contributed by atoms with Gasteiger partial charge in [0.25, 0.3) is 0 Å². The van der Waals surface area contributed by atoms with Crippen molar-refractivity contribution in [3.05, 3.63) is 68.9 Å². The van der Waals surface area contributed by atoms with Gasteiger partial charge >= 0.3 is 6.18 Å². The van der Waals surface area contributed by atoms with E-state index in [1.807, 2.05) is 12.1 Å². The number of aromatic nitrogens is 2. The molecule has 3 rings (SSSR count). The van der Waals surface area contributed by atoms with Crippen LogP contribution >= 0.6 is 34.2 Å². The van der Waals surface area contributed by atoms with Crippen LogP contribution in [0.3, 0.4) is 0 Å². The maximum Gasteiger partial charge on any atom is 0.435 e. The molecule has 0 fully saturated rings. The maximum atomic E-state index is 13.1. The summed E-state index contributed by atoms with van der Waals surface area (Å²) in [6.45, 7) is 0. The van der Waals surface area contributed by atoms with Gasteiger partial charge in [0.2, 0.25) is 0 Å². The molecule has 2 nitrogen and oxygen atoms in total. The van der Waals surface area contributed by atoms with Crippen molar-refractivity contribution in [3.8, 4) is 16.9 Å². The van der Waals surface area contributed by atoms with Crippen molar-refractivity contribution in [2.45, 2.75) is 6.18 Å². The van der Waals surface area contributed by atoms with Gasteiger partial charge in [-0.3, -0.25) is 0 Å². The van der Waals surface area contributed by atoms with Gasteiger partial charge in [-0.15, -0.1) is 0 Å². The predicted molar refractivity (Wildman–Crippen MR) is 91.7 cm³/mol. The second kappa shape index (κ2) is 6.16. The molecule has 1 heterocycles. The summed E-state index contributed by atoms with van der Waals surface area (Å²) < 4.78 is 41.4. The summed E-state index contributed by atoms with van der Waals surface area (Å²) in [6, 6.07) is 14.8. The highest BCUT2D eigenvalue weighted by atomic mass is 127. The molecule has 3 aromatic rings. The van der Waals surface area contributed by atoms with Crippen molar-refractivity contribution < 1.29 is 13.2 Å². The van der Waals surface area contributed by atoms with Crippen molar-refractivity contribution in [2.24, 2.45) is 0 Å². The molecule has 0 atom stereocenters. The van der Waals surface area contributed by atoms with Crippen LogP contribution in [0.25, 0.3) is 16.9 Å².